The Balaban J connectivity index is 1.05. The Labute approximate surface area is 283 Å². The molecule has 0 bridgehead atoms. The van der Waals surface area contributed by atoms with Crippen LogP contribution in [0.25, 0.3) is 68.6 Å². The first-order valence-corrected chi connectivity index (χ1v) is 17.6. The highest BCUT2D eigenvalue weighted by molar-refractivity contribution is 8.03. The number of benzene rings is 5. The topological polar surface area (TPSA) is 30.7 Å². The summed E-state index contributed by atoms with van der Waals surface area (Å²) in [7, 11) is 0. The number of allylic oxidation sites excluding steroid dienone is 1. The Morgan fingerprint density at radius 2 is 1.33 bits per heavy atom. The lowest BCUT2D eigenvalue weighted by atomic mass is 9.86. The summed E-state index contributed by atoms with van der Waals surface area (Å²) >= 11 is 1.93. The third-order valence-corrected chi connectivity index (χ3v) is 11.3. The van der Waals surface area contributed by atoms with Crippen molar-refractivity contribution in [1.29, 1.82) is 0 Å². The van der Waals surface area contributed by atoms with Gasteiger partial charge in [-0.15, -0.1) is 0 Å². The Hall–Kier alpha value is -5.45. The summed E-state index contributed by atoms with van der Waals surface area (Å²) in [6, 6.07) is 45.9. The maximum atomic E-state index is 5.22. The number of rotatable bonds is 4. The molecule has 0 spiro atoms. The summed E-state index contributed by atoms with van der Waals surface area (Å²) in [5.41, 5.74) is 12.2. The van der Waals surface area contributed by atoms with Crippen LogP contribution in [0.15, 0.2) is 137 Å². The van der Waals surface area contributed by atoms with Crippen molar-refractivity contribution < 1.29 is 0 Å². The van der Waals surface area contributed by atoms with E-state index in [4.69, 9.17) is 9.97 Å². The molecule has 7 aromatic rings. The first-order chi connectivity index (χ1) is 23.8. The third-order valence-electron chi connectivity index (χ3n) is 10.1. The summed E-state index contributed by atoms with van der Waals surface area (Å²) in [4.78, 5) is 13.1. The fourth-order valence-corrected chi connectivity index (χ4v) is 8.97. The van der Waals surface area contributed by atoms with Crippen molar-refractivity contribution in [2.24, 2.45) is 0 Å². The predicted octanol–water partition coefficient (Wildman–Crippen LogP) is 9.56. The molecule has 3 heterocycles. The predicted molar refractivity (Wildman–Crippen MR) is 199 cm³/mol. The van der Waals surface area contributed by atoms with Gasteiger partial charge in [0, 0.05) is 38.2 Å². The van der Waals surface area contributed by atoms with E-state index in [1.807, 2.05) is 11.8 Å². The molecule has 4 heteroatoms. The van der Waals surface area contributed by atoms with E-state index < -0.39 is 0 Å². The van der Waals surface area contributed by atoms with Gasteiger partial charge in [-0.05, 0) is 88.9 Å². The van der Waals surface area contributed by atoms with Crippen LogP contribution in [0.4, 0.5) is 0 Å². The molecule has 0 fully saturated rings. The molecule has 3 nitrogen and oxygen atoms in total. The SMILES string of the molecule is C1=C2Sc3ccccc3C2Cc2c1n(-c1ccc(-c3nc(-c4ccc(-c5ccccc5)cc4)c4c(n3)=CCCC=4)cc1)c1ccccc21. The van der Waals surface area contributed by atoms with Gasteiger partial charge in [-0.3, -0.25) is 0 Å². The second-order valence-corrected chi connectivity index (χ2v) is 13.9. The van der Waals surface area contributed by atoms with Gasteiger partial charge in [0.25, 0.3) is 0 Å². The normalized spacial score (nSPS) is 15.8. The van der Waals surface area contributed by atoms with Gasteiger partial charge < -0.3 is 4.57 Å². The van der Waals surface area contributed by atoms with Gasteiger partial charge in [-0.2, -0.15) is 0 Å². The average Bonchev–Trinajstić information content (AvgIpc) is 3.68. The highest BCUT2D eigenvalue weighted by Crippen LogP contribution is 2.54. The van der Waals surface area contributed by atoms with Crippen LogP contribution in [-0.2, 0) is 6.42 Å². The van der Waals surface area contributed by atoms with Crippen molar-refractivity contribution in [2.75, 3.05) is 0 Å². The van der Waals surface area contributed by atoms with Crippen LogP contribution in [0.5, 0.6) is 0 Å². The van der Waals surface area contributed by atoms with E-state index in [9.17, 15) is 0 Å². The molecule has 1 atom stereocenters. The molecule has 1 aliphatic heterocycles. The van der Waals surface area contributed by atoms with Crippen LogP contribution in [0.3, 0.4) is 0 Å². The summed E-state index contributed by atoms with van der Waals surface area (Å²) in [6.07, 6.45) is 10.0. The van der Waals surface area contributed by atoms with E-state index in [2.05, 4.69) is 150 Å². The Morgan fingerprint density at radius 1 is 0.625 bits per heavy atom. The van der Waals surface area contributed by atoms with Crippen LogP contribution in [0.2, 0.25) is 0 Å². The summed E-state index contributed by atoms with van der Waals surface area (Å²) in [5.74, 6) is 1.21. The summed E-state index contributed by atoms with van der Waals surface area (Å²) in [6.45, 7) is 0. The zero-order valence-corrected chi connectivity index (χ0v) is 27.1. The smallest absolute Gasteiger partial charge is 0.160 e. The number of nitrogens with zero attached hydrogens (tertiary/aromatic N) is 3. The monoisotopic (exact) mass is 633 g/mol. The van der Waals surface area contributed by atoms with Crippen molar-refractivity contribution in [2.45, 2.75) is 30.1 Å². The fourth-order valence-electron chi connectivity index (χ4n) is 7.71. The lowest BCUT2D eigenvalue weighted by Crippen LogP contribution is -2.33. The summed E-state index contributed by atoms with van der Waals surface area (Å²) < 4.78 is 2.44. The van der Waals surface area contributed by atoms with Crippen molar-refractivity contribution in [3.63, 3.8) is 0 Å². The van der Waals surface area contributed by atoms with Gasteiger partial charge in [0.1, 0.15) is 0 Å². The van der Waals surface area contributed by atoms with Gasteiger partial charge >= 0.3 is 0 Å². The molecule has 10 rings (SSSR count). The number of fused-ring (bicyclic) bond motifs is 7. The molecule has 0 N–H and O–H groups in total. The molecule has 228 valence electrons. The van der Waals surface area contributed by atoms with Crippen LogP contribution in [0, 0.1) is 0 Å². The number of para-hydroxylation sites is 1. The first kappa shape index (κ1) is 27.6. The lowest BCUT2D eigenvalue weighted by molar-refractivity contribution is 0.811. The van der Waals surface area contributed by atoms with Crippen molar-refractivity contribution >= 4 is 40.9 Å². The van der Waals surface area contributed by atoms with Gasteiger partial charge in [0.2, 0.25) is 0 Å². The number of aromatic nitrogens is 3. The average molecular weight is 634 g/mol. The van der Waals surface area contributed by atoms with Gasteiger partial charge in [0.05, 0.1) is 22.3 Å². The Kier molecular flexibility index (Phi) is 6.38. The quantitative estimate of drug-likeness (QED) is 0.193. The molecule has 0 amide bonds. The van der Waals surface area contributed by atoms with Crippen molar-refractivity contribution in [3.8, 4) is 39.5 Å². The zero-order chi connectivity index (χ0) is 31.6. The van der Waals surface area contributed by atoms with E-state index in [1.54, 1.807) is 0 Å². The van der Waals surface area contributed by atoms with Crippen LogP contribution >= 0.6 is 11.8 Å². The number of hydrogen-bond donors (Lipinski definition) is 0. The molecule has 2 aliphatic carbocycles. The fraction of sp³-hybridized carbons (Fsp3) is 0.0909. The highest BCUT2D eigenvalue weighted by atomic mass is 32.2. The van der Waals surface area contributed by atoms with Crippen molar-refractivity contribution in [3.05, 3.63) is 160 Å². The van der Waals surface area contributed by atoms with Crippen LogP contribution < -0.4 is 10.6 Å². The van der Waals surface area contributed by atoms with Gasteiger partial charge in [0.15, 0.2) is 5.82 Å². The summed E-state index contributed by atoms with van der Waals surface area (Å²) in [5, 5.41) is 3.51. The van der Waals surface area contributed by atoms with Gasteiger partial charge in [-0.1, -0.05) is 115 Å². The second kappa shape index (κ2) is 11.1. The molecule has 2 aromatic heterocycles. The minimum atomic E-state index is 0.444. The molecule has 0 saturated heterocycles. The second-order valence-electron chi connectivity index (χ2n) is 12.8. The lowest BCUT2D eigenvalue weighted by Gasteiger charge is -2.20. The van der Waals surface area contributed by atoms with E-state index >= 15 is 0 Å². The standard InChI is InChI=1S/C44H31N3S/c1-2-10-28(11-3-1)29-18-20-30(21-19-29)43-35-14-4-7-15-38(35)45-44(46-43)31-22-24-32(25-23-31)47-39-16-8-5-12-33(39)36-26-37-34-13-6-9-17-41(34)48-42(37)27-40(36)47/h1-3,5-6,8-25,27,37H,4,7,26H2. The van der Waals surface area contributed by atoms with Crippen LogP contribution in [-0.4, -0.2) is 14.5 Å². The van der Waals surface area contributed by atoms with E-state index in [0.717, 1.165) is 58.2 Å². The molecular weight excluding hydrogens is 603 g/mol. The number of thioether (sulfide) groups is 1. The Bertz CT molecular complexity index is 2540. The minimum absolute atomic E-state index is 0.444. The van der Waals surface area contributed by atoms with E-state index in [-0.39, 0.29) is 0 Å². The largest absolute Gasteiger partial charge is 0.310 e. The van der Waals surface area contributed by atoms with Gasteiger partial charge in [-0.25, -0.2) is 9.97 Å². The zero-order valence-electron chi connectivity index (χ0n) is 26.3. The first-order valence-electron chi connectivity index (χ1n) is 16.7. The molecule has 48 heavy (non-hydrogen) atoms. The molecule has 0 radical (unpaired) electrons. The number of hydrogen-bond acceptors (Lipinski definition) is 3. The molecule has 1 unspecified atom stereocenters. The maximum Gasteiger partial charge on any atom is 0.160 e. The molecular formula is C44H31N3S. The van der Waals surface area contributed by atoms with Crippen LogP contribution in [0.1, 0.15) is 35.6 Å². The van der Waals surface area contributed by atoms with Crippen molar-refractivity contribution in [1.82, 2.24) is 14.5 Å². The molecule has 3 aliphatic rings. The highest BCUT2D eigenvalue weighted by Gasteiger charge is 2.34. The van der Waals surface area contributed by atoms with E-state index in [1.165, 1.54) is 48.7 Å². The maximum absolute atomic E-state index is 5.22. The third kappa shape index (κ3) is 4.44. The minimum Gasteiger partial charge on any atom is -0.310 e. The van der Waals surface area contributed by atoms with E-state index in [0.29, 0.717) is 5.92 Å². The Morgan fingerprint density at radius 3 is 2.21 bits per heavy atom. The molecule has 5 aromatic carbocycles. The molecule has 0 saturated carbocycles.